The topological polar surface area (TPSA) is 81.4 Å². The summed E-state index contributed by atoms with van der Waals surface area (Å²) < 4.78 is 16.6. The lowest BCUT2D eigenvalue weighted by molar-refractivity contribution is 0.198. The summed E-state index contributed by atoms with van der Waals surface area (Å²) in [5, 5.41) is 14.1. The maximum Gasteiger partial charge on any atom is 0.320 e. The Bertz CT molecular complexity index is 576. The zero-order chi connectivity index (χ0) is 15.1. The number of benzene rings is 1. The van der Waals surface area contributed by atoms with Gasteiger partial charge in [0.25, 0.3) is 0 Å². The summed E-state index contributed by atoms with van der Waals surface area (Å²) in [6.07, 6.45) is 0. The number of methoxy groups -OCH3 is 2. The van der Waals surface area contributed by atoms with Crippen molar-refractivity contribution < 1.29 is 13.9 Å². The molecule has 0 aliphatic carbocycles. The second-order valence-corrected chi connectivity index (χ2v) is 5.06. The molecule has 2 aromatic rings. The highest BCUT2D eigenvalue weighted by Crippen LogP contribution is 2.30. The van der Waals surface area contributed by atoms with Crippen LogP contribution >= 0.6 is 15.9 Å². The molecular formula is C13H17BrN4O3. The predicted octanol–water partition coefficient (Wildman–Crippen LogP) is 2.32. The van der Waals surface area contributed by atoms with Gasteiger partial charge in [0, 0.05) is 18.1 Å². The monoisotopic (exact) mass is 356 g/mol. The summed E-state index contributed by atoms with van der Waals surface area (Å²) in [6.45, 7) is 1.85. The lowest BCUT2D eigenvalue weighted by atomic mass is 10.3. The molecule has 1 heterocycles. The zero-order valence-electron chi connectivity index (χ0n) is 11.9. The van der Waals surface area contributed by atoms with E-state index in [4.69, 9.17) is 13.9 Å². The van der Waals surface area contributed by atoms with E-state index in [0.29, 0.717) is 30.8 Å². The predicted molar refractivity (Wildman–Crippen MR) is 81.9 cm³/mol. The Morgan fingerprint density at radius 1 is 1.29 bits per heavy atom. The van der Waals surface area contributed by atoms with Gasteiger partial charge in [0.1, 0.15) is 5.75 Å². The summed E-state index contributed by atoms with van der Waals surface area (Å²) in [5.74, 6) is 1.19. The Morgan fingerprint density at radius 3 is 2.90 bits per heavy atom. The zero-order valence-corrected chi connectivity index (χ0v) is 13.4. The largest absolute Gasteiger partial charge is 0.495 e. The minimum atomic E-state index is 0.315. The van der Waals surface area contributed by atoms with Crippen molar-refractivity contribution in [1.29, 1.82) is 0 Å². The Morgan fingerprint density at radius 2 is 2.14 bits per heavy atom. The maximum atomic E-state index is 5.50. The highest BCUT2D eigenvalue weighted by Gasteiger charge is 2.09. The van der Waals surface area contributed by atoms with Crippen molar-refractivity contribution in [2.75, 3.05) is 32.7 Å². The molecule has 0 unspecified atom stereocenters. The Hall–Kier alpha value is -1.64. The second kappa shape index (κ2) is 7.96. The van der Waals surface area contributed by atoms with E-state index in [0.717, 1.165) is 16.7 Å². The number of halogens is 1. The normalized spacial score (nSPS) is 10.6. The van der Waals surface area contributed by atoms with Gasteiger partial charge < -0.3 is 24.5 Å². The molecule has 2 N–H and O–H groups in total. The van der Waals surface area contributed by atoms with Crippen LogP contribution in [0.1, 0.15) is 5.89 Å². The fourth-order valence-electron chi connectivity index (χ4n) is 1.64. The van der Waals surface area contributed by atoms with Crippen LogP contribution < -0.4 is 15.4 Å². The first-order chi connectivity index (χ1) is 10.2. The second-order valence-electron chi connectivity index (χ2n) is 4.14. The highest BCUT2D eigenvalue weighted by atomic mass is 79.9. The number of nitrogens with one attached hydrogen (secondary N) is 2. The van der Waals surface area contributed by atoms with Gasteiger partial charge in [-0.25, -0.2) is 0 Å². The van der Waals surface area contributed by atoms with Crippen LogP contribution in [-0.4, -0.2) is 37.6 Å². The van der Waals surface area contributed by atoms with E-state index >= 15 is 0 Å². The Labute approximate surface area is 131 Å². The van der Waals surface area contributed by atoms with Crippen LogP contribution in [-0.2, 0) is 11.3 Å². The molecule has 1 aromatic heterocycles. The van der Waals surface area contributed by atoms with Crippen LogP contribution in [0.5, 0.6) is 5.75 Å². The van der Waals surface area contributed by atoms with E-state index in [1.807, 2.05) is 18.2 Å². The summed E-state index contributed by atoms with van der Waals surface area (Å²) >= 11 is 3.41. The SMILES string of the molecule is COCCNCc1nnc(Nc2cc(Br)ccc2OC)o1. The molecule has 2 rings (SSSR count). The molecule has 21 heavy (non-hydrogen) atoms. The lowest BCUT2D eigenvalue weighted by Crippen LogP contribution is -2.18. The summed E-state index contributed by atoms with van der Waals surface area (Å²) in [4.78, 5) is 0. The third-order valence-corrected chi connectivity index (χ3v) is 3.12. The fraction of sp³-hybridized carbons (Fsp3) is 0.385. The average molecular weight is 357 g/mol. The molecule has 0 spiro atoms. The molecule has 1 aromatic carbocycles. The van der Waals surface area contributed by atoms with E-state index in [1.165, 1.54) is 0 Å². The molecule has 8 heteroatoms. The van der Waals surface area contributed by atoms with E-state index < -0.39 is 0 Å². The summed E-state index contributed by atoms with van der Waals surface area (Å²) in [6, 6.07) is 5.92. The van der Waals surface area contributed by atoms with Crippen molar-refractivity contribution in [1.82, 2.24) is 15.5 Å². The van der Waals surface area contributed by atoms with Crippen molar-refractivity contribution in [3.05, 3.63) is 28.6 Å². The van der Waals surface area contributed by atoms with Gasteiger partial charge in [-0.3, -0.25) is 0 Å². The van der Waals surface area contributed by atoms with Crippen LogP contribution in [0, 0.1) is 0 Å². The van der Waals surface area contributed by atoms with E-state index in [2.05, 4.69) is 36.8 Å². The van der Waals surface area contributed by atoms with E-state index in [1.54, 1.807) is 14.2 Å². The van der Waals surface area contributed by atoms with Crippen molar-refractivity contribution in [3.8, 4) is 5.75 Å². The fourth-order valence-corrected chi connectivity index (χ4v) is 2.00. The average Bonchev–Trinajstić information content (AvgIpc) is 2.91. The molecule has 0 amide bonds. The van der Waals surface area contributed by atoms with E-state index in [-0.39, 0.29) is 0 Å². The van der Waals surface area contributed by atoms with Crippen LogP contribution in [0.2, 0.25) is 0 Å². The number of nitrogens with zero attached hydrogens (tertiary/aromatic N) is 2. The van der Waals surface area contributed by atoms with Gasteiger partial charge in [-0.2, -0.15) is 0 Å². The minimum absolute atomic E-state index is 0.315. The first-order valence-corrected chi connectivity index (χ1v) is 7.15. The number of anilines is 2. The first-order valence-electron chi connectivity index (χ1n) is 6.35. The third-order valence-electron chi connectivity index (χ3n) is 2.63. The van der Waals surface area contributed by atoms with Gasteiger partial charge in [0.15, 0.2) is 0 Å². The lowest BCUT2D eigenvalue weighted by Gasteiger charge is -2.08. The number of hydrogen-bond donors (Lipinski definition) is 2. The molecule has 0 aliphatic heterocycles. The molecule has 0 bridgehead atoms. The van der Waals surface area contributed by atoms with Crippen molar-refractivity contribution in [2.24, 2.45) is 0 Å². The smallest absolute Gasteiger partial charge is 0.320 e. The molecule has 7 nitrogen and oxygen atoms in total. The van der Waals surface area contributed by atoms with Crippen molar-refractivity contribution in [2.45, 2.75) is 6.54 Å². The number of rotatable bonds is 8. The molecule has 0 saturated heterocycles. The van der Waals surface area contributed by atoms with Crippen LogP contribution in [0.15, 0.2) is 27.1 Å². The van der Waals surface area contributed by atoms with Gasteiger partial charge in [-0.1, -0.05) is 21.0 Å². The minimum Gasteiger partial charge on any atom is -0.495 e. The molecule has 0 radical (unpaired) electrons. The van der Waals surface area contributed by atoms with Crippen LogP contribution in [0.4, 0.5) is 11.7 Å². The van der Waals surface area contributed by atoms with Crippen LogP contribution in [0.3, 0.4) is 0 Å². The Kier molecular flexibility index (Phi) is 5.97. The molecule has 0 fully saturated rings. The highest BCUT2D eigenvalue weighted by molar-refractivity contribution is 9.10. The van der Waals surface area contributed by atoms with Gasteiger partial charge in [-0.15, -0.1) is 5.10 Å². The van der Waals surface area contributed by atoms with E-state index in [9.17, 15) is 0 Å². The van der Waals surface area contributed by atoms with Gasteiger partial charge in [-0.05, 0) is 18.2 Å². The molecule has 0 atom stereocenters. The van der Waals surface area contributed by atoms with Crippen LogP contribution in [0.25, 0.3) is 0 Å². The first kappa shape index (κ1) is 15.7. The molecule has 0 aliphatic rings. The standard InChI is InChI=1S/C13H17BrN4O3/c1-19-6-5-15-8-12-17-18-13(21-12)16-10-7-9(14)3-4-11(10)20-2/h3-4,7,15H,5-6,8H2,1-2H3,(H,16,18). The maximum absolute atomic E-state index is 5.50. The number of ether oxygens (including phenoxy) is 2. The summed E-state index contributed by atoms with van der Waals surface area (Å²) in [7, 11) is 3.26. The number of hydrogen-bond acceptors (Lipinski definition) is 7. The molecule has 114 valence electrons. The number of aromatic nitrogens is 2. The Balaban J connectivity index is 1.97. The van der Waals surface area contributed by atoms with Crippen molar-refractivity contribution in [3.63, 3.8) is 0 Å². The van der Waals surface area contributed by atoms with Crippen molar-refractivity contribution >= 4 is 27.6 Å². The van der Waals surface area contributed by atoms with Gasteiger partial charge in [0.05, 0.1) is 25.9 Å². The van der Waals surface area contributed by atoms with Gasteiger partial charge >= 0.3 is 6.01 Å². The third kappa shape index (κ3) is 4.69. The molecule has 0 saturated carbocycles. The van der Waals surface area contributed by atoms with Gasteiger partial charge in [0.2, 0.25) is 5.89 Å². The summed E-state index contributed by atoms with van der Waals surface area (Å²) in [5.41, 5.74) is 0.745. The quantitative estimate of drug-likeness (QED) is 0.702. The molecular weight excluding hydrogens is 340 g/mol.